The Labute approximate surface area is 101 Å². The SMILES string of the molecule is COc1ccc(-n2[nH]c(=O)c(C(=O)O)c2O)cc1. The highest BCUT2D eigenvalue weighted by atomic mass is 16.5. The molecule has 2 rings (SSSR count). The molecule has 7 nitrogen and oxygen atoms in total. The van der Waals surface area contributed by atoms with E-state index in [-0.39, 0.29) is 0 Å². The van der Waals surface area contributed by atoms with Crippen molar-refractivity contribution in [3.05, 3.63) is 40.2 Å². The summed E-state index contributed by atoms with van der Waals surface area (Å²) in [6.45, 7) is 0. The van der Waals surface area contributed by atoms with Gasteiger partial charge in [-0.2, -0.15) is 0 Å². The Morgan fingerprint density at radius 2 is 1.94 bits per heavy atom. The van der Waals surface area contributed by atoms with Crippen LogP contribution in [0.25, 0.3) is 5.69 Å². The number of nitrogens with one attached hydrogen (secondary N) is 1. The van der Waals surface area contributed by atoms with Gasteiger partial charge in [-0.1, -0.05) is 0 Å². The maximum atomic E-state index is 11.4. The molecular formula is C11H10N2O5. The van der Waals surface area contributed by atoms with Gasteiger partial charge in [-0.05, 0) is 24.3 Å². The lowest BCUT2D eigenvalue weighted by molar-refractivity contribution is 0.0692. The van der Waals surface area contributed by atoms with Crippen LogP contribution in [0.4, 0.5) is 0 Å². The lowest BCUT2D eigenvalue weighted by Crippen LogP contribution is -2.11. The minimum atomic E-state index is -1.49. The molecule has 18 heavy (non-hydrogen) atoms. The van der Waals surface area contributed by atoms with E-state index in [0.29, 0.717) is 11.4 Å². The Kier molecular flexibility index (Phi) is 2.80. The first-order valence-corrected chi connectivity index (χ1v) is 4.96. The third-order valence-electron chi connectivity index (χ3n) is 2.42. The lowest BCUT2D eigenvalue weighted by Gasteiger charge is -2.05. The molecule has 0 aliphatic carbocycles. The number of H-pyrrole nitrogens is 1. The van der Waals surface area contributed by atoms with Crippen LogP contribution in [0.1, 0.15) is 10.4 Å². The maximum Gasteiger partial charge on any atom is 0.347 e. The van der Waals surface area contributed by atoms with E-state index in [2.05, 4.69) is 5.10 Å². The number of aromatic nitrogens is 2. The van der Waals surface area contributed by atoms with Crippen LogP contribution >= 0.6 is 0 Å². The van der Waals surface area contributed by atoms with Gasteiger partial charge in [-0.3, -0.25) is 9.89 Å². The van der Waals surface area contributed by atoms with Crippen molar-refractivity contribution in [2.24, 2.45) is 0 Å². The molecule has 0 unspecified atom stereocenters. The van der Waals surface area contributed by atoms with Gasteiger partial charge >= 0.3 is 5.97 Å². The van der Waals surface area contributed by atoms with E-state index in [9.17, 15) is 14.7 Å². The first kappa shape index (κ1) is 11.8. The van der Waals surface area contributed by atoms with Crippen molar-refractivity contribution in [1.82, 2.24) is 9.78 Å². The monoisotopic (exact) mass is 250 g/mol. The van der Waals surface area contributed by atoms with Crippen LogP contribution in [-0.4, -0.2) is 33.1 Å². The van der Waals surface area contributed by atoms with Crippen LogP contribution in [0.3, 0.4) is 0 Å². The molecule has 0 saturated carbocycles. The highest BCUT2D eigenvalue weighted by molar-refractivity contribution is 5.89. The second-order valence-corrected chi connectivity index (χ2v) is 3.48. The van der Waals surface area contributed by atoms with Crippen molar-refractivity contribution >= 4 is 5.97 Å². The average molecular weight is 250 g/mol. The van der Waals surface area contributed by atoms with Gasteiger partial charge in [0, 0.05) is 0 Å². The number of carboxylic acids is 1. The van der Waals surface area contributed by atoms with Crippen molar-refractivity contribution in [2.75, 3.05) is 7.11 Å². The first-order chi connectivity index (χ1) is 8.54. The molecule has 1 heterocycles. The van der Waals surface area contributed by atoms with Crippen molar-refractivity contribution in [3.8, 4) is 17.3 Å². The van der Waals surface area contributed by atoms with Crippen molar-refractivity contribution in [2.45, 2.75) is 0 Å². The predicted octanol–water partition coefficient (Wildman–Crippen LogP) is 0.578. The van der Waals surface area contributed by atoms with E-state index in [4.69, 9.17) is 9.84 Å². The molecule has 1 aromatic carbocycles. The number of aromatic amines is 1. The van der Waals surface area contributed by atoms with Crippen LogP contribution in [-0.2, 0) is 0 Å². The molecule has 0 aliphatic rings. The largest absolute Gasteiger partial charge is 0.497 e. The van der Waals surface area contributed by atoms with Crippen LogP contribution in [0.2, 0.25) is 0 Å². The van der Waals surface area contributed by atoms with E-state index < -0.39 is 23.0 Å². The molecule has 2 aromatic rings. The highest BCUT2D eigenvalue weighted by Gasteiger charge is 2.21. The lowest BCUT2D eigenvalue weighted by atomic mass is 10.3. The van der Waals surface area contributed by atoms with E-state index in [1.165, 1.54) is 7.11 Å². The fourth-order valence-electron chi connectivity index (χ4n) is 1.53. The molecule has 7 heteroatoms. The van der Waals surface area contributed by atoms with Crippen LogP contribution in [0.5, 0.6) is 11.6 Å². The van der Waals surface area contributed by atoms with Gasteiger partial charge in [-0.25, -0.2) is 9.48 Å². The standard InChI is InChI=1S/C11H10N2O5/c1-18-7-4-2-6(3-5-7)13-10(15)8(11(16)17)9(14)12-13/h2-5,15H,1H3,(H,12,14)(H,16,17). The maximum absolute atomic E-state index is 11.4. The van der Waals surface area contributed by atoms with Crippen LogP contribution in [0, 0.1) is 0 Å². The normalized spacial score (nSPS) is 10.3. The second-order valence-electron chi connectivity index (χ2n) is 3.48. The van der Waals surface area contributed by atoms with Crippen molar-refractivity contribution in [1.29, 1.82) is 0 Å². The number of hydrogen-bond donors (Lipinski definition) is 3. The number of carboxylic acid groups (broad SMARTS) is 1. The van der Waals surface area contributed by atoms with Gasteiger partial charge < -0.3 is 14.9 Å². The van der Waals surface area contributed by atoms with Gasteiger partial charge in [0.2, 0.25) is 5.88 Å². The smallest absolute Gasteiger partial charge is 0.347 e. The molecule has 0 aliphatic heterocycles. The van der Waals surface area contributed by atoms with Crippen LogP contribution in [0.15, 0.2) is 29.1 Å². The first-order valence-electron chi connectivity index (χ1n) is 4.96. The number of benzene rings is 1. The molecule has 0 bridgehead atoms. The molecule has 0 spiro atoms. The van der Waals surface area contributed by atoms with Gasteiger partial charge in [0.1, 0.15) is 5.75 Å². The summed E-state index contributed by atoms with van der Waals surface area (Å²) < 4.78 is 5.96. The van der Waals surface area contributed by atoms with Crippen molar-refractivity contribution in [3.63, 3.8) is 0 Å². The zero-order valence-electron chi connectivity index (χ0n) is 9.38. The van der Waals surface area contributed by atoms with Gasteiger partial charge in [0.05, 0.1) is 12.8 Å². The number of aromatic hydroxyl groups is 1. The summed E-state index contributed by atoms with van der Waals surface area (Å²) in [4.78, 5) is 22.1. The summed E-state index contributed by atoms with van der Waals surface area (Å²) in [5.74, 6) is -1.52. The number of carbonyl (C=O) groups is 1. The number of rotatable bonds is 3. The third kappa shape index (κ3) is 1.81. The molecule has 1 aromatic heterocycles. The van der Waals surface area contributed by atoms with Gasteiger partial charge in [-0.15, -0.1) is 0 Å². The fourth-order valence-corrected chi connectivity index (χ4v) is 1.53. The van der Waals surface area contributed by atoms with Gasteiger partial charge in [0.15, 0.2) is 5.56 Å². The Hall–Kier alpha value is -2.70. The predicted molar refractivity (Wildman–Crippen MR) is 61.6 cm³/mol. The Morgan fingerprint density at radius 3 is 2.39 bits per heavy atom. The molecule has 0 radical (unpaired) electrons. The zero-order valence-corrected chi connectivity index (χ0v) is 9.38. The molecule has 0 saturated heterocycles. The van der Waals surface area contributed by atoms with Crippen molar-refractivity contribution < 1.29 is 19.7 Å². The van der Waals surface area contributed by atoms with E-state index in [1.54, 1.807) is 24.3 Å². The van der Waals surface area contributed by atoms with Gasteiger partial charge in [0.25, 0.3) is 5.56 Å². The van der Waals surface area contributed by atoms with Crippen LogP contribution < -0.4 is 10.3 Å². The summed E-state index contributed by atoms with van der Waals surface area (Å²) in [7, 11) is 1.51. The second kappa shape index (κ2) is 4.28. The Balaban J connectivity index is 2.54. The molecule has 0 amide bonds. The quantitative estimate of drug-likeness (QED) is 0.739. The molecule has 0 fully saturated rings. The Bertz CT molecular complexity index is 638. The number of aromatic carboxylic acids is 1. The Morgan fingerprint density at radius 1 is 1.33 bits per heavy atom. The van der Waals surface area contributed by atoms with E-state index >= 15 is 0 Å². The number of ether oxygens (including phenoxy) is 1. The fraction of sp³-hybridized carbons (Fsp3) is 0.0909. The summed E-state index contributed by atoms with van der Waals surface area (Å²) in [5.41, 5.74) is -1.14. The summed E-state index contributed by atoms with van der Waals surface area (Å²) >= 11 is 0. The zero-order chi connectivity index (χ0) is 13.3. The molecule has 94 valence electrons. The minimum absolute atomic E-state index is 0.415. The molecule has 3 N–H and O–H groups in total. The van der Waals surface area contributed by atoms with E-state index in [1.807, 2.05) is 0 Å². The highest BCUT2D eigenvalue weighted by Crippen LogP contribution is 2.20. The number of methoxy groups -OCH3 is 1. The molecular weight excluding hydrogens is 240 g/mol. The summed E-state index contributed by atoms with van der Waals surface area (Å²) in [6.07, 6.45) is 0. The topological polar surface area (TPSA) is 105 Å². The number of hydrogen-bond acceptors (Lipinski definition) is 4. The third-order valence-corrected chi connectivity index (χ3v) is 2.42. The average Bonchev–Trinajstić information content (AvgIpc) is 2.65. The number of nitrogens with zero attached hydrogens (tertiary/aromatic N) is 1. The summed E-state index contributed by atoms with van der Waals surface area (Å²) in [6, 6.07) is 6.38. The molecule has 0 atom stereocenters. The van der Waals surface area contributed by atoms with E-state index in [0.717, 1.165) is 4.68 Å². The minimum Gasteiger partial charge on any atom is -0.497 e. The summed E-state index contributed by atoms with van der Waals surface area (Å²) in [5, 5.41) is 20.7.